The predicted molar refractivity (Wildman–Crippen MR) is 77.5 cm³/mol. The van der Waals surface area contributed by atoms with Gasteiger partial charge in [-0.25, -0.2) is 4.68 Å². The molecule has 0 spiro atoms. The summed E-state index contributed by atoms with van der Waals surface area (Å²) in [5, 5.41) is 11.6. The van der Waals surface area contributed by atoms with Crippen LogP contribution in [-0.2, 0) is 6.54 Å². The molecule has 106 valence electrons. The first-order chi connectivity index (χ1) is 9.22. The minimum Gasteiger partial charge on any atom is -0.370 e. The van der Waals surface area contributed by atoms with Gasteiger partial charge in [-0.15, -0.1) is 0 Å². The lowest BCUT2D eigenvalue weighted by Gasteiger charge is -2.26. The molecule has 0 bridgehead atoms. The number of likely N-dealkylation sites (tertiary alicyclic amines) is 1. The van der Waals surface area contributed by atoms with Gasteiger partial charge in [0, 0.05) is 44.2 Å². The van der Waals surface area contributed by atoms with Gasteiger partial charge in [-0.3, -0.25) is 0 Å². The number of aryl methyl sites for hydroxylation is 1. The van der Waals surface area contributed by atoms with Gasteiger partial charge in [0.25, 0.3) is 0 Å². The van der Waals surface area contributed by atoms with Gasteiger partial charge in [-0.1, -0.05) is 0 Å². The molecule has 0 unspecified atom stereocenters. The van der Waals surface area contributed by atoms with E-state index in [1.54, 1.807) is 0 Å². The molecular formula is C14H25N5. The van der Waals surface area contributed by atoms with Gasteiger partial charge in [0.2, 0.25) is 0 Å². The van der Waals surface area contributed by atoms with Gasteiger partial charge >= 0.3 is 0 Å². The Morgan fingerprint density at radius 1 is 1.47 bits per heavy atom. The molecule has 1 fully saturated rings. The third-order valence-electron chi connectivity index (χ3n) is 4.39. The normalized spacial score (nSPS) is 27.3. The molecule has 0 saturated carbocycles. The maximum Gasteiger partial charge on any atom is 0.124 e. The van der Waals surface area contributed by atoms with Crippen LogP contribution >= 0.6 is 0 Å². The van der Waals surface area contributed by atoms with Crippen LogP contribution in [0.2, 0.25) is 0 Å². The van der Waals surface area contributed by atoms with E-state index in [1.165, 1.54) is 25.2 Å². The van der Waals surface area contributed by atoms with Gasteiger partial charge < -0.3 is 15.5 Å². The Morgan fingerprint density at radius 2 is 2.37 bits per heavy atom. The maximum absolute atomic E-state index is 4.52. The van der Waals surface area contributed by atoms with Gasteiger partial charge in [-0.05, 0) is 33.4 Å². The number of hydrogen-bond acceptors (Lipinski definition) is 4. The van der Waals surface area contributed by atoms with E-state index in [0.29, 0.717) is 5.92 Å². The first kappa shape index (κ1) is 12.9. The minimum atomic E-state index is 0.638. The van der Waals surface area contributed by atoms with Crippen LogP contribution in [0.5, 0.6) is 0 Å². The molecule has 3 heterocycles. The van der Waals surface area contributed by atoms with E-state index >= 15 is 0 Å². The number of hydrogen-bond donors (Lipinski definition) is 2. The highest BCUT2D eigenvalue weighted by atomic mass is 15.3. The third kappa shape index (κ3) is 2.92. The molecule has 2 aliphatic heterocycles. The first-order valence-electron chi connectivity index (χ1n) is 7.41. The fraction of sp³-hybridized carbons (Fsp3) is 0.786. The molecule has 2 N–H and O–H groups in total. The maximum atomic E-state index is 4.52. The van der Waals surface area contributed by atoms with E-state index in [0.717, 1.165) is 37.9 Å². The van der Waals surface area contributed by atoms with Crippen LogP contribution in [0.4, 0.5) is 5.82 Å². The number of nitrogens with zero attached hydrogens (tertiary/aromatic N) is 3. The average molecular weight is 263 g/mol. The summed E-state index contributed by atoms with van der Waals surface area (Å²) < 4.78 is 2.10. The van der Waals surface area contributed by atoms with Crippen LogP contribution < -0.4 is 10.6 Å². The molecule has 1 saturated heterocycles. The SMILES string of the molecule is Cc1cc2n(n1)C[C@@H](CNC[C@@H]1CCCN1C)CN2. The highest BCUT2D eigenvalue weighted by molar-refractivity contribution is 5.38. The molecule has 2 aliphatic rings. The van der Waals surface area contributed by atoms with Crippen LogP contribution in [0.15, 0.2) is 6.07 Å². The standard InChI is InChI=1S/C14H25N5/c1-11-6-14-16-8-12(10-19(14)17-11)7-15-9-13-4-3-5-18(13)2/h6,12-13,15-16H,3-5,7-10H2,1-2H3/t12-,13-/m0/s1. The highest BCUT2D eigenvalue weighted by Gasteiger charge is 2.22. The fourth-order valence-electron chi connectivity index (χ4n) is 3.21. The van der Waals surface area contributed by atoms with E-state index < -0.39 is 0 Å². The second-order valence-electron chi connectivity index (χ2n) is 6.03. The zero-order chi connectivity index (χ0) is 13.2. The van der Waals surface area contributed by atoms with E-state index in [9.17, 15) is 0 Å². The van der Waals surface area contributed by atoms with Crippen molar-refractivity contribution in [3.63, 3.8) is 0 Å². The number of aromatic nitrogens is 2. The van der Waals surface area contributed by atoms with Crippen molar-refractivity contribution in [1.82, 2.24) is 20.0 Å². The molecule has 0 aliphatic carbocycles. The van der Waals surface area contributed by atoms with E-state index in [2.05, 4.69) is 45.4 Å². The molecule has 0 aromatic carbocycles. The van der Waals surface area contributed by atoms with Crippen molar-refractivity contribution in [1.29, 1.82) is 0 Å². The highest BCUT2D eigenvalue weighted by Crippen LogP contribution is 2.18. The Morgan fingerprint density at radius 3 is 3.16 bits per heavy atom. The summed E-state index contributed by atoms with van der Waals surface area (Å²) in [6.45, 7) is 7.60. The largest absolute Gasteiger partial charge is 0.370 e. The van der Waals surface area contributed by atoms with E-state index in [1.807, 2.05) is 0 Å². The first-order valence-corrected chi connectivity index (χ1v) is 7.41. The fourth-order valence-corrected chi connectivity index (χ4v) is 3.21. The molecule has 0 radical (unpaired) electrons. The Hall–Kier alpha value is -1.07. The summed E-state index contributed by atoms with van der Waals surface area (Å²) in [6, 6.07) is 2.86. The molecule has 3 rings (SSSR count). The quantitative estimate of drug-likeness (QED) is 0.848. The molecule has 19 heavy (non-hydrogen) atoms. The monoisotopic (exact) mass is 263 g/mol. The molecule has 5 heteroatoms. The zero-order valence-electron chi connectivity index (χ0n) is 12.0. The summed E-state index contributed by atoms with van der Waals surface area (Å²) in [4.78, 5) is 2.47. The zero-order valence-corrected chi connectivity index (χ0v) is 12.0. The minimum absolute atomic E-state index is 0.638. The second kappa shape index (κ2) is 5.51. The smallest absolute Gasteiger partial charge is 0.124 e. The number of nitrogens with one attached hydrogen (secondary N) is 2. The van der Waals surface area contributed by atoms with Crippen LogP contribution in [-0.4, -0.2) is 53.9 Å². The van der Waals surface area contributed by atoms with Gasteiger partial charge in [0.05, 0.1) is 5.69 Å². The van der Waals surface area contributed by atoms with Crippen molar-refractivity contribution in [2.75, 3.05) is 38.5 Å². The van der Waals surface area contributed by atoms with Gasteiger partial charge in [-0.2, -0.15) is 5.10 Å². The van der Waals surface area contributed by atoms with Crippen molar-refractivity contribution < 1.29 is 0 Å². The van der Waals surface area contributed by atoms with Crippen molar-refractivity contribution in [3.8, 4) is 0 Å². The third-order valence-corrected chi connectivity index (χ3v) is 4.39. The number of fused-ring (bicyclic) bond motifs is 1. The van der Waals surface area contributed by atoms with E-state index in [-0.39, 0.29) is 0 Å². The molecule has 0 amide bonds. The van der Waals surface area contributed by atoms with Crippen LogP contribution in [0.1, 0.15) is 18.5 Å². The van der Waals surface area contributed by atoms with Crippen LogP contribution in [0.3, 0.4) is 0 Å². The second-order valence-corrected chi connectivity index (χ2v) is 6.03. The van der Waals surface area contributed by atoms with Gasteiger partial charge in [0.1, 0.15) is 5.82 Å². The molecular weight excluding hydrogens is 238 g/mol. The Kier molecular flexibility index (Phi) is 3.75. The van der Waals surface area contributed by atoms with Crippen molar-refractivity contribution in [3.05, 3.63) is 11.8 Å². The number of anilines is 1. The summed E-state index contributed by atoms with van der Waals surface area (Å²) in [5.74, 6) is 1.81. The summed E-state index contributed by atoms with van der Waals surface area (Å²) in [6.07, 6.45) is 2.69. The average Bonchev–Trinajstić information content (AvgIpc) is 2.94. The topological polar surface area (TPSA) is 45.1 Å². The lowest BCUT2D eigenvalue weighted by Crippen LogP contribution is -2.40. The lowest BCUT2D eigenvalue weighted by atomic mass is 10.1. The van der Waals surface area contributed by atoms with Crippen molar-refractivity contribution in [2.45, 2.75) is 32.4 Å². The lowest BCUT2D eigenvalue weighted by molar-refractivity contribution is 0.290. The Bertz CT molecular complexity index is 427. The van der Waals surface area contributed by atoms with Crippen molar-refractivity contribution in [2.24, 2.45) is 5.92 Å². The van der Waals surface area contributed by atoms with Crippen LogP contribution in [0, 0.1) is 12.8 Å². The van der Waals surface area contributed by atoms with Crippen molar-refractivity contribution >= 4 is 5.82 Å². The Labute approximate surface area is 115 Å². The van der Waals surface area contributed by atoms with Gasteiger partial charge in [0.15, 0.2) is 0 Å². The molecule has 1 aromatic heterocycles. The predicted octanol–water partition coefficient (Wildman–Crippen LogP) is 0.917. The van der Waals surface area contributed by atoms with Crippen LogP contribution in [0.25, 0.3) is 0 Å². The summed E-state index contributed by atoms with van der Waals surface area (Å²) in [7, 11) is 2.24. The molecule has 5 nitrogen and oxygen atoms in total. The number of rotatable bonds is 4. The molecule has 2 atom stereocenters. The summed E-state index contributed by atoms with van der Waals surface area (Å²) in [5.41, 5.74) is 1.10. The molecule has 1 aromatic rings. The number of likely N-dealkylation sites (N-methyl/N-ethyl adjacent to an activating group) is 1. The van der Waals surface area contributed by atoms with E-state index in [4.69, 9.17) is 0 Å². The summed E-state index contributed by atoms with van der Waals surface area (Å²) >= 11 is 0. The Balaban J connectivity index is 1.44.